The fourth-order valence-corrected chi connectivity index (χ4v) is 2.80. The molecular formula is C17H18N2O2. The molecule has 0 bridgehead atoms. The van der Waals surface area contributed by atoms with Crippen molar-refractivity contribution in [1.29, 1.82) is 0 Å². The summed E-state index contributed by atoms with van der Waals surface area (Å²) in [5, 5.41) is 0. The summed E-state index contributed by atoms with van der Waals surface area (Å²) in [5.74, 6) is -0.0341. The lowest BCUT2D eigenvalue weighted by atomic mass is 10.00. The van der Waals surface area contributed by atoms with Gasteiger partial charge >= 0.3 is 0 Å². The van der Waals surface area contributed by atoms with Crippen LogP contribution in [0.5, 0.6) is 0 Å². The molecule has 1 amide bonds. The number of aromatic nitrogens is 1. The van der Waals surface area contributed by atoms with E-state index in [4.69, 9.17) is 0 Å². The first-order chi connectivity index (χ1) is 10.1. The van der Waals surface area contributed by atoms with E-state index in [-0.39, 0.29) is 11.7 Å². The maximum Gasteiger partial charge on any atom is 0.270 e. The number of ketones is 1. The lowest BCUT2D eigenvalue weighted by Crippen LogP contribution is -2.36. The van der Waals surface area contributed by atoms with Gasteiger partial charge in [0.15, 0.2) is 5.78 Å². The molecule has 1 aromatic heterocycles. The van der Waals surface area contributed by atoms with E-state index in [1.807, 2.05) is 17.0 Å². The Morgan fingerprint density at radius 3 is 2.52 bits per heavy atom. The van der Waals surface area contributed by atoms with Crippen molar-refractivity contribution in [3.63, 3.8) is 0 Å². The number of carbonyl (C=O) groups is 2. The second-order valence-electron chi connectivity index (χ2n) is 5.53. The van der Waals surface area contributed by atoms with Gasteiger partial charge in [-0.1, -0.05) is 24.3 Å². The van der Waals surface area contributed by atoms with Crippen LogP contribution in [0.1, 0.15) is 38.9 Å². The maximum absolute atomic E-state index is 12.7. The summed E-state index contributed by atoms with van der Waals surface area (Å²) in [6.07, 6.45) is 2.60. The van der Waals surface area contributed by atoms with Crippen LogP contribution >= 0.6 is 0 Å². The van der Waals surface area contributed by atoms with E-state index < -0.39 is 0 Å². The lowest BCUT2D eigenvalue weighted by molar-refractivity contribution is 0.0725. The Balaban J connectivity index is 1.85. The predicted octanol–water partition coefficient (Wildman–Crippen LogP) is 2.43. The molecular weight excluding hydrogens is 264 g/mol. The molecule has 1 aromatic carbocycles. The number of hydrogen-bond acceptors (Lipinski definition) is 2. The Morgan fingerprint density at radius 1 is 1.14 bits per heavy atom. The van der Waals surface area contributed by atoms with Crippen molar-refractivity contribution in [3.8, 4) is 0 Å². The third-order valence-electron chi connectivity index (χ3n) is 4.05. The normalized spacial score (nSPS) is 13.9. The highest BCUT2D eigenvalue weighted by Crippen LogP contribution is 2.21. The van der Waals surface area contributed by atoms with Crippen molar-refractivity contribution >= 4 is 11.7 Å². The van der Waals surface area contributed by atoms with Crippen molar-refractivity contribution in [3.05, 3.63) is 58.9 Å². The molecule has 108 valence electrons. The zero-order chi connectivity index (χ0) is 15.0. The standard InChI is InChI=1S/C17H18N2O2/c1-12(20)15-9-16(18(2)10-15)17(21)19-8-7-13-5-3-4-6-14(13)11-19/h3-6,9-10H,7-8,11H2,1-2H3. The van der Waals surface area contributed by atoms with E-state index in [2.05, 4.69) is 12.1 Å². The van der Waals surface area contributed by atoms with Crippen molar-refractivity contribution in [2.45, 2.75) is 19.9 Å². The molecule has 0 N–H and O–H groups in total. The second kappa shape index (κ2) is 5.20. The van der Waals surface area contributed by atoms with Crippen LogP contribution in [0.2, 0.25) is 0 Å². The third-order valence-corrected chi connectivity index (χ3v) is 4.05. The van der Waals surface area contributed by atoms with Gasteiger partial charge in [-0.05, 0) is 30.5 Å². The highest BCUT2D eigenvalue weighted by atomic mass is 16.2. The zero-order valence-corrected chi connectivity index (χ0v) is 12.3. The first kappa shape index (κ1) is 13.6. The van der Waals surface area contributed by atoms with E-state index in [1.54, 1.807) is 23.9 Å². The van der Waals surface area contributed by atoms with E-state index >= 15 is 0 Å². The molecule has 4 heteroatoms. The third kappa shape index (κ3) is 2.49. The largest absolute Gasteiger partial charge is 0.346 e. The number of rotatable bonds is 2. The number of nitrogens with zero attached hydrogens (tertiary/aromatic N) is 2. The molecule has 1 aliphatic rings. The molecule has 2 heterocycles. The molecule has 0 unspecified atom stereocenters. The van der Waals surface area contributed by atoms with Gasteiger partial charge in [0.1, 0.15) is 5.69 Å². The predicted molar refractivity (Wildman–Crippen MR) is 80.3 cm³/mol. The fourth-order valence-electron chi connectivity index (χ4n) is 2.80. The van der Waals surface area contributed by atoms with Crippen LogP contribution in [-0.2, 0) is 20.0 Å². The molecule has 0 fully saturated rings. The van der Waals surface area contributed by atoms with Gasteiger partial charge in [-0.2, -0.15) is 0 Å². The van der Waals surface area contributed by atoms with E-state index in [0.717, 1.165) is 13.0 Å². The number of benzene rings is 1. The van der Waals surface area contributed by atoms with Crippen LogP contribution in [0.3, 0.4) is 0 Å². The van der Waals surface area contributed by atoms with Crippen LogP contribution < -0.4 is 0 Å². The Labute approximate surface area is 124 Å². The Kier molecular flexibility index (Phi) is 3.37. The summed E-state index contributed by atoms with van der Waals surface area (Å²) < 4.78 is 1.74. The highest BCUT2D eigenvalue weighted by molar-refractivity contribution is 5.99. The average Bonchev–Trinajstić information content (AvgIpc) is 2.88. The van der Waals surface area contributed by atoms with Gasteiger partial charge in [-0.25, -0.2) is 0 Å². The van der Waals surface area contributed by atoms with Gasteiger partial charge in [0.25, 0.3) is 5.91 Å². The van der Waals surface area contributed by atoms with E-state index in [0.29, 0.717) is 17.8 Å². The maximum atomic E-state index is 12.7. The molecule has 21 heavy (non-hydrogen) atoms. The van der Waals surface area contributed by atoms with Gasteiger partial charge < -0.3 is 9.47 Å². The number of aryl methyl sites for hydroxylation is 1. The molecule has 1 aliphatic heterocycles. The lowest BCUT2D eigenvalue weighted by Gasteiger charge is -2.28. The van der Waals surface area contributed by atoms with Crippen LogP contribution in [0.25, 0.3) is 0 Å². The van der Waals surface area contributed by atoms with Crippen molar-refractivity contribution in [1.82, 2.24) is 9.47 Å². The van der Waals surface area contributed by atoms with Gasteiger partial charge in [-0.3, -0.25) is 9.59 Å². The molecule has 0 atom stereocenters. The number of amides is 1. The fraction of sp³-hybridized carbons (Fsp3) is 0.294. The van der Waals surface area contributed by atoms with E-state index in [1.165, 1.54) is 18.1 Å². The van der Waals surface area contributed by atoms with E-state index in [9.17, 15) is 9.59 Å². The number of fused-ring (bicyclic) bond motifs is 1. The first-order valence-corrected chi connectivity index (χ1v) is 7.09. The summed E-state index contributed by atoms with van der Waals surface area (Å²) in [4.78, 5) is 25.9. The molecule has 0 radical (unpaired) electrons. The van der Waals surface area contributed by atoms with Crippen molar-refractivity contribution < 1.29 is 9.59 Å². The van der Waals surface area contributed by atoms with Crippen LogP contribution in [-0.4, -0.2) is 27.7 Å². The highest BCUT2D eigenvalue weighted by Gasteiger charge is 2.24. The molecule has 4 nitrogen and oxygen atoms in total. The minimum Gasteiger partial charge on any atom is -0.346 e. The quantitative estimate of drug-likeness (QED) is 0.794. The Hall–Kier alpha value is -2.36. The van der Waals surface area contributed by atoms with Crippen molar-refractivity contribution in [2.75, 3.05) is 6.54 Å². The van der Waals surface area contributed by atoms with Gasteiger partial charge in [0.2, 0.25) is 0 Å². The summed E-state index contributed by atoms with van der Waals surface area (Å²) in [6.45, 7) is 2.87. The summed E-state index contributed by atoms with van der Waals surface area (Å²) in [6, 6.07) is 9.91. The van der Waals surface area contributed by atoms with Gasteiger partial charge in [-0.15, -0.1) is 0 Å². The van der Waals surface area contributed by atoms with Crippen LogP contribution in [0.15, 0.2) is 36.5 Å². The molecule has 0 saturated carbocycles. The molecule has 0 spiro atoms. The SMILES string of the molecule is CC(=O)c1cc(C(=O)N2CCc3ccccc3C2)n(C)c1. The number of carbonyl (C=O) groups excluding carboxylic acids is 2. The minimum absolute atomic E-state index is 0.0143. The summed E-state index contributed by atoms with van der Waals surface area (Å²) in [5.41, 5.74) is 3.67. The summed E-state index contributed by atoms with van der Waals surface area (Å²) in [7, 11) is 1.80. The molecule has 0 saturated heterocycles. The average molecular weight is 282 g/mol. The number of Topliss-reactive ketones (excluding diaryl/α,β-unsaturated/α-hetero) is 1. The Morgan fingerprint density at radius 2 is 1.86 bits per heavy atom. The van der Waals surface area contributed by atoms with Crippen LogP contribution in [0, 0.1) is 0 Å². The smallest absolute Gasteiger partial charge is 0.270 e. The Bertz CT molecular complexity index is 715. The van der Waals surface area contributed by atoms with Crippen LogP contribution in [0.4, 0.5) is 0 Å². The first-order valence-electron chi connectivity index (χ1n) is 7.09. The second-order valence-corrected chi connectivity index (χ2v) is 5.53. The van der Waals surface area contributed by atoms with Crippen molar-refractivity contribution in [2.24, 2.45) is 7.05 Å². The monoisotopic (exact) mass is 282 g/mol. The molecule has 3 rings (SSSR count). The topological polar surface area (TPSA) is 42.3 Å². The van der Waals surface area contributed by atoms with Gasteiger partial charge in [0, 0.05) is 31.9 Å². The summed E-state index contributed by atoms with van der Waals surface area (Å²) >= 11 is 0. The van der Waals surface area contributed by atoms with Gasteiger partial charge in [0.05, 0.1) is 0 Å². The number of hydrogen-bond donors (Lipinski definition) is 0. The minimum atomic E-state index is -0.0198. The molecule has 0 aliphatic carbocycles. The zero-order valence-electron chi connectivity index (χ0n) is 12.3. The molecule has 2 aromatic rings.